The average molecular weight is 364 g/mol. The number of fused-ring (bicyclic) bond motifs is 1. The van der Waals surface area contributed by atoms with Gasteiger partial charge in [-0.2, -0.15) is 0 Å². The molecule has 3 heterocycles. The Morgan fingerprint density at radius 2 is 1.81 bits per heavy atom. The first-order chi connectivity index (χ1) is 12.7. The second-order valence-corrected chi connectivity index (χ2v) is 8.31. The van der Waals surface area contributed by atoms with Gasteiger partial charge in [-0.3, -0.25) is 4.90 Å². The Bertz CT molecular complexity index is 534. The molecule has 4 aliphatic rings. The number of likely N-dealkylation sites (tertiary alicyclic amines) is 2. The number of carbonyl (C=O) groups is 2. The van der Waals surface area contributed by atoms with E-state index >= 15 is 0 Å². The van der Waals surface area contributed by atoms with Crippen molar-refractivity contribution in [3.63, 3.8) is 0 Å². The summed E-state index contributed by atoms with van der Waals surface area (Å²) in [6, 6.07) is 1.92. The number of nitrogens with zero attached hydrogens (tertiary/aromatic N) is 3. The SMILES string of the molecule is CCNC(=O)N1CCC(N2CCC(N3C(=O)N[C@@H]4CCCC[C@H]43)CC2)C1. The summed E-state index contributed by atoms with van der Waals surface area (Å²) in [5.74, 6) is 0. The number of carbonyl (C=O) groups excluding carboxylic acids is 2. The Morgan fingerprint density at radius 3 is 2.58 bits per heavy atom. The summed E-state index contributed by atoms with van der Waals surface area (Å²) in [5.41, 5.74) is 0. The highest BCUT2D eigenvalue weighted by Crippen LogP contribution is 2.33. The van der Waals surface area contributed by atoms with Gasteiger partial charge in [0.1, 0.15) is 0 Å². The van der Waals surface area contributed by atoms with Gasteiger partial charge in [-0.15, -0.1) is 0 Å². The molecule has 1 saturated carbocycles. The van der Waals surface area contributed by atoms with Crippen LogP contribution < -0.4 is 10.6 Å². The third-order valence-corrected chi connectivity index (χ3v) is 6.82. The fraction of sp³-hybridized carbons (Fsp3) is 0.895. The average Bonchev–Trinajstić information content (AvgIpc) is 3.26. The second kappa shape index (κ2) is 7.62. The monoisotopic (exact) mass is 363 g/mol. The lowest BCUT2D eigenvalue weighted by Gasteiger charge is -2.42. The molecule has 0 bridgehead atoms. The molecule has 26 heavy (non-hydrogen) atoms. The number of hydrogen-bond donors (Lipinski definition) is 2. The minimum Gasteiger partial charge on any atom is -0.338 e. The predicted octanol–water partition coefficient (Wildman–Crippen LogP) is 1.59. The van der Waals surface area contributed by atoms with Crippen molar-refractivity contribution in [1.29, 1.82) is 0 Å². The number of piperidine rings is 1. The molecule has 0 spiro atoms. The van der Waals surface area contributed by atoms with E-state index < -0.39 is 0 Å². The second-order valence-electron chi connectivity index (χ2n) is 8.31. The molecule has 1 aliphatic carbocycles. The van der Waals surface area contributed by atoms with E-state index in [4.69, 9.17) is 0 Å². The molecule has 4 rings (SSSR count). The van der Waals surface area contributed by atoms with Gasteiger partial charge < -0.3 is 20.4 Å². The summed E-state index contributed by atoms with van der Waals surface area (Å²) in [6.07, 6.45) is 8.00. The highest BCUT2D eigenvalue weighted by Gasteiger charge is 2.44. The van der Waals surface area contributed by atoms with Crippen molar-refractivity contribution in [2.45, 2.75) is 76.0 Å². The Hall–Kier alpha value is -1.50. The van der Waals surface area contributed by atoms with Crippen LogP contribution >= 0.6 is 0 Å². The zero-order valence-corrected chi connectivity index (χ0v) is 16.0. The molecule has 4 fully saturated rings. The lowest BCUT2D eigenvalue weighted by molar-refractivity contribution is 0.0836. The number of urea groups is 2. The quantitative estimate of drug-likeness (QED) is 0.800. The van der Waals surface area contributed by atoms with Crippen LogP contribution in [0.1, 0.15) is 51.9 Å². The van der Waals surface area contributed by atoms with Crippen LogP contribution in [-0.4, -0.2) is 83.7 Å². The van der Waals surface area contributed by atoms with Crippen molar-refractivity contribution in [3.05, 3.63) is 0 Å². The van der Waals surface area contributed by atoms with E-state index in [1.807, 2.05) is 11.8 Å². The minimum absolute atomic E-state index is 0.0713. The number of amides is 4. The first-order valence-corrected chi connectivity index (χ1v) is 10.5. The molecule has 0 aromatic carbocycles. The van der Waals surface area contributed by atoms with Gasteiger partial charge in [0, 0.05) is 44.8 Å². The molecule has 3 aliphatic heterocycles. The van der Waals surface area contributed by atoms with E-state index in [1.54, 1.807) is 0 Å². The highest BCUT2D eigenvalue weighted by molar-refractivity contribution is 5.78. The molecule has 0 aromatic heterocycles. The third-order valence-electron chi connectivity index (χ3n) is 6.82. The first kappa shape index (κ1) is 17.9. The van der Waals surface area contributed by atoms with E-state index in [0.29, 0.717) is 30.7 Å². The summed E-state index contributed by atoms with van der Waals surface area (Å²) in [6.45, 7) is 6.42. The predicted molar refractivity (Wildman–Crippen MR) is 100 cm³/mol. The summed E-state index contributed by atoms with van der Waals surface area (Å²) >= 11 is 0. The molecule has 7 nitrogen and oxygen atoms in total. The van der Waals surface area contributed by atoms with E-state index in [9.17, 15) is 9.59 Å². The summed E-state index contributed by atoms with van der Waals surface area (Å²) in [4.78, 5) is 31.2. The van der Waals surface area contributed by atoms with Gasteiger partial charge in [0.15, 0.2) is 0 Å². The number of rotatable bonds is 3. The van der Waals surface area contributed by atoms with Gasteiger partial charge >= 0.3 is 12.1 Å². The molecule has 7 heteroatoms. The molecule has 146 valence electrons. The number of nitrogens with one attached hydrogen (secondary N) is 2. The molecule has 2 N–H and O–H groups in total. The zero-order chi connectivity index (χ0) is 18.1. The van der Waals surface area contributed by atoms with Crippen molar-refractivity contribution < 1.29 is 9.59 Å². The van der Waals surface area contributed by atoms with Crippen LogP contribution in [0.5, 0.6) is 0 Å². The van der Waals surface area contributed by atoms with Crippen molar-refractivity contribution in [1.82, 2.24) is 25.3 Å². The van der Waals surface area contributed by atoms with Crippen molar-refractivity contribution in [3.8, 4) is 0 Å². The van der Waals surface area contributed by atoms with Gasteiger partial charge in [-0.05, 0) is 39.0 Å². The normalized spacial score (nSPS) is 33.3. The van der Waals surface area contributed by atoms with E-state index in [2.05, 4.69) is 20.4 Å². The Kier molecular flexibility index (Phi) is 5.25. The van der Waals surface area contributed by atoms with Crippen molar-refractivity contribution >= 4 is 12.1 Å². The first-order valence-electron chi connectivity index (χ1n) is 10.5. The van der Waals surface area contributed by atoms with Gasteiger partial charge in [0.05, 0.1) is 12.1 Å². The lowest BCUT2D eigenvalue weighted by Crippen LogP contribution is -2.52. The smallest absolute Gasteiger partial charge is 0.318 e. The van der Waals surface area contributed by atoms with Crippen LogP contribution in [0.15, 0.2) is 0 Å². The van der Waals surface area contributed by atoms with E-state index in [1.165, 1.54) is 12.8 Å². The van der Waals surface area contributed by atoms with Gasteiger partial charge in [-0.25, -0.2) is 9.59 Å². The standard InChI is InChI=1S/C19H33N5O2/c1-2-20-18(25)23-12-9-15(13-23)22-10-7-14(8-11-22)24-17-6-4-3-5-16(17)21-19(24)26/h14-17H,2-13H2,1H3,(H,20,25)(H,21,26)/t15?,16-,17-/m1/s1. The lowest BCUT2D eigenvalue weighted by atomic mass is 9.89. The van der Waals surface area contributed by atoms with Crippen LogP contribution in [-0.2, 0) is 0 Å². The minimum atomic E-state index is 0.0713. The maximum absolute atomic E-state index is 12.5. The largest absolute Gasteiger partial charge is 0.338 e. The molecule has 0 radical (unpaired) electrons. The molecule has 4 amide bonds. The summed E-state index contributed by atoms with van der Waals surface area (Å²) < 4.78 is 0. The van der Waals surface area contributed by atoms with Crippen LogP contribution in [0.2, 0.25) is 0 Å². The highest BCUT2D eigenvalue weighted by atomic mass is 16.2. The maximum atomic E-state index is 12.5. The Morgan fingerprint density at radius 1 is 1.08 bits per heavy atom. The summed E-state index contributed by atoms with van der Waals surface area (Å²) in [5, 5.41) is 6.13. The molecule has 1 unspecified atom stereocenters. The summed E-state index contributed by atoms with van der Waals surface area (Å²) in [7, 11) is 0. The maximum Gasteiger partial charge on any atom is 0.318 e. The van der Waals surface area contributed by atoms with E-state index in [-0.39, 0.29) is 12.1 Å². The molecular formula is C19H33N5O2. The zero-order valence-electron chi connectivity index (χ0n) is 16.0. The van der Waals surface area contributed by atoms with Gasteiger partial charge in [-0.1, -0.05) is 12.8 Å². The van der Waals surface area contributed by atoms with Crippen LogP contribution in [0.4, 0.5) is 9.59 Å². The molecular weight excluding hydrogens is 330 g/mol. The molecule has 0 aromatic rings. The Labute approximate surface area is 156 Å². The topological polar surface area (TPSA) is 67.9 Å². The molecule has 3 saturated heterocycles. The fourth-order valence-corrected chi connectivity index (χ4v) is 5.45. The van der Waals surface area contributed by atoms with Crippen LogP contribution in [0.3, 0.4) is 0 Å². The van der Waals surface area contributed by atoms with Crippen LogP contribution in [0.25, 0.3) is 0 Å². The Balaban J connectivity index is 1.29. The fourth-order valence-electron chi connectivity index (χ4n) is 5.45. The molecule has 3 atom stereocenters. The third kappa shape index (κ3) is 3.38. The van der Waals surface area contributed by atoms with Gasteiger partial charge in [0.25, 0.3) is 0 Å². The van der Waals surface area contributed by atoms with Crippen LogP contribution in [0, 0.1) is 0 Å². The van der Waals surface area contributed by atoms with Gasteiger partial charge in [0.2, 0.25) is 0 Å². The van der Waals surface area contributed by atoms with Crippen molar-refractivity contribution in [2.75, 3.05) is 32.7 Å². The van der Waals surface area contributed by atoms with E-state index in [0.717, 1.165) is 58.3 Å². The van der Waals surface area contributed by atoms with Crippen molar-refractivity contribution in [2.24, 2.45) is 0 Å². The number of hydrogen-bond acceptors (Lipinski definition) is 3.